The summed E-state index contributed by atoms with van der Waals surface area (Å²) in [5.74, 6) is 2.39. The van der Waals surface area contributed by atoms with E-state index < -0.39 is 0 Å². The van der Waals surface area contributed by atoms with Crippen LogP contribution in [-0.2, 0) is 9.53 Å². The van der Waals surface area contributed by atoms with E-state index in [4.69, 9.17) is 6.42 Å². The van der Waals surface area contributed by atoms with Crippen molar-refractivity contribution < 1.29 is 9.53 Å². The van der Waals surface area contributed by atoms with Crippen molar-refractivity contribution in [3.8, 4) is 12.3 Å². The fourth-order valence-electron chi connectivity index (χ4n) is 1.15. The van der Waals surface area contributed by atoms with Crippen LogP contribution >= 0.6 is 0 Å². The summed E-state index contributed by atoms with van der Waals surface area (Å²) in [6, 6.07) is 0. The maximum atomic E-state index is 11.1. The molecule has 68 valence electrons. The second-order valence-electron chi connectivity index (χ2n) is 2.75. The van der Waals surface area contributed by atoms with Gasteiger partial charge in [0.2, 0.25) is 0 Å². The first-order chi connectivity index (χ1) is 5.76. The van der Waals surface area contributed by atoms with Crippen LogP contribution in [0.15, 0.2) is 0 Å². The first-order valence-corrected chi connectivity index (χ1v) is 4.27. The van der Waals surface area contributed by atoms with E-state index in [-0.39, 0.29) is 11.9 Å². The summed E-state index contributed by atoms with van der Waals surface area (Å²) in [5.41, 5.74) is 0. The summed E-state index contributed by atoms with van der Waals surface area (Å²) < 4.78 is 4.65. The van der Waals surface area contributed by atoms with Crippen LogP contribution in [0, 0.1) is 18.3 Å². The molecule has 1 atom stereocenters. The van der Waals surface area contributed by atoms with Crippen LogP contribution in [0.2, 0.25) is 0 Å². The lowest BCUT2D eigenvalue weighted by atomic mass is 9.98. The van der Waals surface area contributed by atoms with Crippen LogP contribution in [0.1, 0.15) is 32.6 Å². The van der Waals surface area contributed by atoms with Gasteiger partial charge in [-0.1, -0.05) is 13.3 Å². The van der Waals surface area contributed by atoms with E-state index in [1.165, 1.54) is 7.11 Å². The van der Waals surface area contributed by atoms with Gasteiger partial charge in [0.25, 0.3) is 0 Å². The van der Waals surface area contributed by atoms with Crippen molar-refractivity contribution in [3.05, 3.63) is 0 Å². The summed E-state index contributed by atoms with van der Waals surface area (Å²) in [6.07, 6.45) is 8.37. The van der Waals surface area contributed by atoms with Gasteiger partial charge in [-0.05, 0) is 12.8 Å². The maximum Gasteiger partial charge on any atom is 0.308 e. The Bertz CT molecular complexity index is 167. The van der Waals surface area contributed by atoms with Gasteiger partial charge in [0.05, 0.1) is 13.0 Å². The molecule has 2 nitrogen and oxygen atoms in total. The molecular formula is C10H16O2. The molecule has 0 aliphatic carbocycles. The number of hydrogen-bond acceptors (Lipinski definition) is 2. The van der Waals surface area contributed by atoms with Gasteiger partial charge in [-0.25, -0.2) is 0 Å². The topological polar surface area (TPSA) is 26.3 Å². The number of rotatable bonds is 5. The average Bonchev–Trinajstić information content (AvgIpc) is 2.11. The number of carbonyl (C=O) groups is 1. The van der Waals surface area contributed by atoms with Crippen molar-refractivity contribution in [1.29, 1.82) is 0 Å². The molecule has 0 spiro atoms. The second-order valence-corrected chi connectivity index (χ2v) is 2.75. The van der Waals surface area contributed by atoms with E-state index in [9.17, 15) is 4.79 Å². The molecule has 0 aromatic carbocycles. The van der Waals surface area contributed by atoms with Crippen LogP contribution in [0.5, 0.6) is 0 Å². The molecule has 0 radical (unpaired) electrons. The highest BCUT2D eigenvalue weighted by atomic mass is 16.5. The third-order valence-electron chi connectivity index (χ3n) is 1.81. The van der Waals surface area contributed by atoms with Crippen LogP contribution in [0.25, 0.3) is 0 Å². The average molecular weight is 168 g/mol. The highest BCUT2D eigenvalue weighted by Gasteiger charge is 2.16. The molecule has 0 N–H and O–H groups in total. The van der Waals surface area contributed by atoms with E-state index >= 15 is 0 Å². The van der Waals surface area contributed by atoms with E-state index in [1.807, 2.05) is 6.92 Å². The fraction of sp³-hybridized carbons (Fsp3) is 0.700. The molecular weight excluding hydrogens is 152 g/mol. The molecule has 2 heteroatoms. The predicted octanol–water partition coefficient (Wildman–Crippen LogP) is 1.99. The monoisotopic (exact) mass is 168 g/mol. The number of hydrogen-bond donors (Lipinski definition) is 0. The minimum absolute atomic E-state index is 0.00366. The lowest BCUT2D eigenvalue weighted by molar-refractivity contribution is -0.145. The summed E-state index contributed by atoms with van der Waals surface area (Å²) >= 11 is 0. The standard InChI is InChI=1S/C10H16O2/c1-4-6-8-9(7-5-2)10(11)12-3/h1,9H,5-8H2,2-3H3. The summed E-state index contributed by atoms with van der Waals surface area (Å²) in [5, 5.41) is 0. The van der Waals surface area contributed by atoms with Crippen LogP contribution in [0.3, 0.4) is 0 Å². The molecule has 0 aliphatic rings. The first-order valence-electron chi connectivity index (χ1n) is 4.27. The van der Waals surface area contributed by atoms with Crippen molar-refractivity contribution in [1.82, 2.24) is 0 Å². The Morgan fingerprint density at radius 3 is 2.67 bits per heavy atom. The van der Waals surface area contributed by atoms with Gasteiger partial charge >= 0.3 is 5.97 Å². The van der Waals surface area contributed by atoms with Crippen molar-refractivity contribution in [2.45, 2.75) is 32.6 Å². The molecule has 0 fully saturated rings. The van der Waals surface area contributed by atoms with Gasteiger partial charge < -0.3 is 4.74 Å². The predicted molar refractivity (Wildman–Crippen MR) is 48.5 cm³/mol. The minimum Gasteiger partial charge on any atom is -0.469 e. The maximum absolute atomic E-state index is 11.1. The second kappa shape index (κ2) is 6.72. The first kappa shape index (κ1) is 11.0. The van der Waals surface area contributed by atoms with Gasteiger partial charge in [0, 0.05) is 6.42 Å². The molecule has 1 unspecified atom stereocenters. The Kier molecular flexibility index (Phi) is 6.18. The molecule has 0 aromatic rings. The quantitative estimate of drug-likeness (QED) is 0.463. The Morgan fingerprint density at radius 2 is 2.25 bits per heavy atom. The van der Waals surface area contributed by atoms with Crippen molar-refractivity contribution in [3.63, 3.8) is 0 Å². The van der Waals surface area contributed by atoms with E-state index in [0.717, 1.165) is 19.3 Å². The Hall–Kier alpha value is -0.970. The number of methoxy groups -OCH3 is 1. The molecule has 0 aromatic heterocycles. The number of ether oxygens (including phenoxy) is 1. The van der Waals surface area contributed by atoms with E-state index in [2.05, 4.69) is 10.7 Å². The van der Waals surface area contributed by atoms with Crippen LogP contribution in [-0.4, -0.2) is 13.1 Å². The molecule has 12 heavy (non-hydrogen) atoms. The third-order valence-corrected chi connectivity index (χ3v) is 1.81. The molecule has 0 saturated heterocycles. The van der Waals surface area contributed by atoms with E-state index in [1.54, 1.807) is 0 Å². The van der Waals surface area contributed by atoms with Gasteiger partial charge in [0.15, 0.2) is 0 Å². The number of terminal acetylenes is 1. The molecule has 0 bridgehead atoms. The highest BCUT2D eigenvalue weighted by Crippen LogP contribution is 2.14. The van der Waals surface area contributed by atoms with Crippen molar-refractivity contribution >= 4 is 5.97 Å². The molecule has 0 rings (SSSR count). The van der Waals surface area contributed by atoms with Crippen molar-refractivity contribution in [2.24, 2.45) is 5.92 Å². The lowest BCUT2D eigenvalue weighted by Gasteiger charge is -2.11. The Morgan fingerprint density at radius 1 is 1.58 bits per heavy atom. The summed E-state index contributed by atoms with van der Waals surface area (Å²) in [7, 11) is 1.42. The van der Waals surface area contributed by atoms with Gasteiger partial charge in [0.1, 0.15) is 0 Å². The lowest BCUT2D eigenvalue weighted by Crippen LogP contribution is -2.15. The largest absolute Gasteiger partial charge is 0.469 e. The Balaban J connectivity index is 3.86. The molecule has 0 heterocycles. The normalized spacial score (nSPS) is 11.8. The Labute approximate surface area is 74.3 Å². The SMILES string of the molecule is C#CCCC(CCC)C(=O)OC. The zero-order valence-corrected chi connectivity index (χ0v) is 7.80. The molecule has 0 aliphatic heterocycles. The molecule has 0 saturated carbocycles. The third kappa shape index (κ3) is 4.02. The zero-order chi connectivity index (χ0) is 9.40. The smallest absolute Gasteiger partial charge is 0.308 e. The van der Waals surface area contributed by atoms with Gasteiger partial charge in [-0.15, -0.1) is 12.3 Å². The van der Waals surface area contributed by atoms with Gasteiger partial charge in [-0.3, -0.25) is 4.79 Å². The zero-order valence-electron chi connectivity index (χ0n) is 7.80. The minimum atomic E-state index is -0.132. The fourth-order valence-corrected chi connectivity index (χ4v) is 1.15. The van der Waals surface area contributed by atoms with Gasteiger partial charge in [-0.2, -0.15) is 0 Å². The summed E-state index contributed by atoms with van der Waals surface area (Å²) in [4.78, 5) is 11.1. The molecule has 0 amide bonds. The number of esters is 1. The van der Waals surface area contributed by atoms with Crippen LogP contribution in [0.4, 0.5) is 0 Å². The highest BCUT2D eigenvalue weighted by molar-refractivity contribution is 5.72. The summed E-state index contributed by atoms with van der Waals surface area (Å²) in [6.45, 7) is 2.05. The number of carbonyl (C=O) groups excluding carboxylic acids is 1. The van der Waals surface area contributed by atoms with Crippen LogP contribution < -0.4 is 0 Å². The van der Waals surface area contributed by atoms with E-state index in [0.29, 0.717) is 6.42 Å². The van der Waals surface area contributed by atoms with Crippen molar-refractivity contribution in [2.75, 3.05) is 7.11 Å².